The van der Waals surface area contributed by atoms with Crippen molar-refractivity contribution in [2.45, 2.75) is 25.8 Å². The summed E-state index contributed by atoms with van der Waals surface area (Å²) in [6.45, 7) is 2.71. The molecule has 0 bridgehead atoms. The number of carbonyl (C=O) groups excluding carboxylic acids is 1. The van der Waals surface area contributed by atoms with Crippen LogP contribution in [-0.4, -0.2) is 52.6 Å². The Morgan fingerprint density at radius 1 is 1.00 bits per heavy atom. The Morgan fingerprint density at radius 2 is 1.72 bits per heavy atom. The molecule has 2 aromatic carbocycles. The minimum absolute atomic E-state index is 0.0557. The SMILES string of the molecule is O=C(O)Cn1c2c(c3ccccc31)CC(C(=O)N1CCN(c3ccc(F)cc3)CC1)CC2. The molecule has 0 radical (unpaired) electrons. The lowest BCUT2D eigenvalue weighted by Crippen LogP contribution is -2.51. The van der Waals surface area contributed by atoms with E-state index in [-0.39, 0.29) is 24.2 Å². The van der Waals surface area contributed by atoms with Crippen molar-refractivity contribution in [1.82, 2.24) is 9.47 Å². The molecule has 6 nitrogen and oxygen atoms in total. The number of anilines is 1. The van der Waals surface area contributed by atoms with Crippen LogP contribution in [0.15, 0.2) is 48.5 Å². The molecule has 0 spiro atoms. The molecule has 1 aliphatic carbocycles. The number of aromatic nitrogens is 1. The maximum Gasteiger partial charge on any atom is 0.323 e. The van der Waals surface area contributed by atoms with Gasteiger partial charge in [-0.3, -0.25) is 9.59 Å². The molecule has 1 aromatic heterocycles. The average Bonchev–Trinajstić information content (AvgIpc) is 3.12. The van der Waals surface area contributed by atoms with Crippen molar-refractivity contribution in [3.63, 3.8) is 0 Å². The van der Waals surface area contributed by atoms with E-state index in [1.807, 2.05) is 33.7 Å². The van der Waals surface area contributed by atoms with E-state index >= 15 is 0 Å². The molecule has 2 heterocycles. The summed E-state index contributed by atoms with van der Waals surface area (Å²) in [6.07, 6.45) is 2.10. The second kappa shape index (κ2) is 8.30. The second-order valence-corrected chi connectivity index (χ2v) is 8.65. The summed E-state index contributed by atoms with van der Waals surface area (Å²) in [6, 6.07) is 14.4. The summed E-state index contributed by atoms with van der Waals surface area (Å²) in [5.74, 6) is -0.997. The predicted molar refractivity (Wildman–Crippen MR) is 120 cm³/mol. The summed E-state index contributed by atoms with van der Waals surface area (Å²) in [7, 11) is 0. The first-order valence-corrected chi connectivity index (χ1v) is 11.1. The molecule has 1 aliphatic heterocycles. The monoisotopic (exact) mass is 435 g/mol. The number of fused-ring (bicyclic) bond motifs is 3. The zero-order chi connectivity index (χ0) is 22.2. The molecule has 3 aromatic rings. The highest BCUT2D eigenvalue weighted by Crippen LogP contribution is 2.35. The van der Waals surface area contributed by atoms with Gasteiger partial charge in [-0.2, -0.15) is 0 Å². The van der Waals surface area contributed by atoms with Gasteiger partial charge < -0.3 is 19.5 Å². The minimum Gasteiger partial charge on any atom is -0.480 e. The third kappa shape index (κ3) is 3.72. The number of halogens is 1. The Balaban J connectivity index is 1.30. The zero-order valence-electron chi connectivity index (χ0n) is 17.8. The van der Waals surface area contributed by atoms with Gasteiger partial charge in [0.05, 0.1) is 0 Å². The number of amides is 1. The van der Waals surface area contributed by atoms with Crippen molar-refractivity contribution in [1.29, 1.82) is 0 Å². The van der Waals surface area contributed by atoms with Crippen LogP contribution in [0.4, 0.5) is 10.1 Å². The van der Waals surface area contributed by atoms with Crippen molar-refractivity contribution in [3.05, 3.63) is 65.6 Å². The minimum atomic E-state index is -0.856. The van der Waals surface area contributed by atoms with Crippen LogP contribution >= 0.6 is 0 Å². The Labute approximate surface area is 185 Å². The van der Waals surface area contributed by atoms with Gasteiger partial charge in [0.1, 0.15) is 12.4 Å². The van der Waals surface area contributed by atoms with Gasteiger partial charge in [0.25, 0.3) is 0 Å². The quantitative estimate of drug-likeness (QED) is 0.683. The highest BCUT2D eigenvalue weighted by atomic mass is 19.1. The lowest BCUT2D eigenvalue weighted by Gasteiger charge is -2.38. The summed E-state index contributed by atoms with van der Waals surface area (Å²) in [5, 5.41) is 10.4. The molecule has 1 amide bonds. The van der Waals surface area contributed by atoms with E-state index in [9.17, 15) is 19.1 Å². The van der Waals surface area contributed by atoms with Crippen LogP contribution in [0.3, 0.4) is 0 Å². The molecule has 1 atom stereocenters. The van der Waals surface area contributed by atoms with Gasteiger partial charge in [-0.15, -0.1) is 0 Å². The number of para-hydroxylation sites is 1. The van der Waals surface area contributed by atoms with Crippen LogP contribution in [0.1, 0.15) is 17.7 Å². The first-order chi connectivity index (χ1) is 15.5. The molecule has 32 heavy (non-hydrogen) atoms. The maximum absolute atomic E-state index is 13.3. The van der Waals surface area contributed by atoms with Crippen LogP contribution in [0.25, 0.3) is 10.9 Å². The van der Waals surface area contributed by atoms with Gasteiger partial charge in [0.2, 0.25) is 5.91 Å². The van der Waals surface area contributed by atoms with Crippen LogP contribution in [0.5, 0.6) is 0 Å². The normalized spacial score (nSPS) is 18.6. The maximum atomic E-state index is 13.3. The van der Waals surface area contributed by atoms with Crippen molar-refractivity contribution >= 4 is 28.5 Å². The molecule has 7 heteroatoms. The fourth-order valence-electron chi connectivity index (χ4n) is 5.22. The molecular weight excluding hydrogens is 409 g/mol. The largest absolute Gasteiger partial charge is 0.480 e. The second-order valence-electron chi connectivity index (χ2n) is 8.65. The van der Waals surface area contributed by atoms with Crippen LogP contribution in [0, 0.1) is 11.7 Å². The molecular formula is C25H26FN3O3. The molecule has 5 rings (SSSR count). The Hall–Kier alpha value is -3.35. The molecule has 0 saturated carbocycles. The van der Waals surface area contributed by atoms with E-state index in [1.165, 1.54) is 12.1 Å². The van der Waals surface area contributed by atoms with E-state index in [0.717, 1.165) is 47.4 Å². The summed E-state index contributed by atoms with van der Waals surface area (Å²) >= 11 is 0. The molecule has 1 unspecified atom stereocenters. The number of carboxylic acids is 1. The first kappa shape index (κ1) is 20.5. The van der Waals surface area contributed by atoms with Crippen molar-refractivity contribution in [2.75, 3.05) is 31.1 Å². The lowest BCUT2D eigenvalue weighted by molar-refractivity contribution is -0.138. The zero-order valence-corrected chi connectivity index (χ0v) is 17.8. The Bertz CT molecular complexity index is 1160. The number of rotatable bonds is 4. The van der Waals surface area contributed by atoms with Crippen molar-refractivity contribution in [2.24, 2.45) is 5.92 Å². The predicted octanol–water partition coefficient (Wildman–Crippen LogP) is 3.32. The van der Waals surface area contributed by atoms with Gasteiger partial charge in [0.15, 0.2) is 0 Å². The fourth-order valence-corrected chi connectivity index (χ4v) is 5.22. The van der Waals surface area contributed by atoms with E-state index in [1.54, 1.807) is 12.1 Å². The average molecular weight is 435 g/mol. The van der Waals surface area contributed by atoms with Gasteiger partial charge in [-0.1, -0.05) is 18.2 Å². The van der Waals surface area contributed by atoms with Crippen molar-refractivity contribution in [3.8, 4) is 0 Å². The molecule has 1 N–H and O–H groups in total. The number of piperazine rings is 1. The summed E-state index contributed by atoms with van der Waals surface area (Å²) in [5.41, 5.74) is 4.09. The topological polar surface area (TPSA) is 65.8 Å². The summed E-state index contributed by atoms with van der Waals surface area (Å²) < 4.78 is 15.1. The van der Waals surface area contributed by atoms with Gasteiger partial charge in [0, 0.05) is 54.4 Å². The standard InChI is InChI=1S/C25H26FN3O3/c26-18-6-8-19(9-7-18)27-11-13-28(14-12-27)25(32)17-5-10-23-21(15-17)20-3-1-2-4-22(20)29(23)16-24(30)31/h1-4,6-9,17H,5,10-16H2,(H,30,31). The highest BCUT2D eigenvalue weighted by molar-refractivity contribution is 5.88. The number of hydrogen-bond acceptors (Lipinski definition) is 3. The number of carbonyl (C=O) groups is 2. The van der Waals surface area contributed by atoms with Gasteiger partial charge in [-0.25, -0.2) is 4.39 Å². The molecule has 166 valence electrons. The van der Waals surface area contributed by atoms with Crippen LogP contribution < -0.4 is 4.90 Å². The van der Waals surface area contributed by atoms with E-state index in [4.69, 9.17) is 0 Å². The molecule has 2 aliphatic rings. The molecule has 1 fully saturated rings. The van der Waals surface area contributed by atoms with Gasteiger partial charge in [-0.05, 0) is 55.2 Å². The number of carboxylic acid groups (broad SMARTS) is 1. The first-order valence-electron chi connectivity index (χ1n) is 11.1. The number of benzene rings is 2. The van der Waals surface area contributed by atoms with Gasteiger partial charge >= 0.3 is 5.97 Å². The van der Waals surface area contributed by atoms with Crippen LogP contribution in [0.2, 0.25) is 0 Å². The van der Waals surface area contributed by atoms with E-state index < -0.39 is 5.97 Å². The Morgan fingerprint density at radius 3 is 2.44 bits per heavy atom. The number of nitrogens with zero attached hydrogens (tertiary/aromatic N) is 3. The Kier molecular flexibility index (Phi) is 5.33. The number of hydrogen-bond donors (Lipinski definition) is 1. The third-order valence-electron chi connectivity index (χ3n) is 6.80. The third-order valence-corrected chi connectivity index (χ3v) is 6.80. The molecule has 1 saturated heterocycles. The summed E-state index contributed by atoms with van der Waals surface area (Å²) in [4.78, 5) is 28.9. The smallest absolute Gasteiger partial charge is 0.323 e. The van der Waals surface area contributed by atoms with E-state index in [2.05, 4.69) is 4.90 Å². The number of aliphatic carboxylic acids is 1. The fraction of sp³-hybridized carbons (Fsp3) is 0.360. The highest BCUT2D eigenvalue weighted by Gasteiger charge is 2.33. The van der Waals surface area contributed by atoms with Crippen LogP contribution in [-0.2, 0) is 29.0 Å². The lowest BCUT2D eigenvalue weighted by atomic mass is 9.85. The van der Waals surface area contributed by atoms with E-state index in [0.29, 0.717) is 25.9 Å². The van der Waals surface area contributed by atoms with Crippen molar-refractivity contribution < 1.29 is 19.1 Å².